The molecule has 0 saturated carbocycles. The first kappa shape index (κ1) is 15.0. The van der Waals surface area contributed by atoms with Crippen LogP contribution in [0.25, 0.3) is 10.9 Å². The van der Waals surface area contributed by atoms with Gasteiger partial charge in [0.25, 0.3) is 0 Å². The topological polar surface area (TPSA) is 59.4 Å². The van der Waals surface area contributed by atoms with Crippen LogP contribution in [0.4, 0.5) is 5.69 Å². The number of aryl methyl sites for hydroxylation is 2. The van der Waals surface area contributed by atoms with Gasteiger partial charge in [-0.3, -0.25) is 15.4 Å². The van der Waals surface area contributed by atoms with Gasteiger partial charge in [-0.1, -0.05) is 6.07 Å². The van der Waals surface area contributed by atoms with Gasteiger partial charge >= 0.3 is 0 Å². The predicted molar refractivity (Wildman–Crippen MR) is 93.2 cm³/mol. The Morgan fingerprint density at radius 1 is 1.04 bits per heavy atom. The molecule has 0 bridgehead atoms. The maximum Gasteiger partial charge on any atom is 0.119 e. The van der Waals surface area contributed by atoms with Crippen molar-refractivity contribution in [2.24, 2.45) is 5.10 Å². The van der Waals surface area contributed by atoms with E-state index in [1.807, 2.05) is 56.3 Å². The third kappa shape index (κ3) is 3.45. The number of anilines is 1. The lowest BCUT2D eigenvalue weighted by Crippen LogP contribution is -1.96. The first-order chi connectivity index (χ1) is 11.2. The summed E-state index contributed by atoms with van der Waals surface area (Å²) in [5, 5.41) is 5.26. The van der Waals surface area contributed by atoms with E-state index in [4.69, 9.17) is 4.74 Å². The van der Waals surface area contributed by atoms with Crippen molar-refractivity contribution in [3.05, 3.63) is 59.5 Å². The van der Waals surface area contributed by atoms with E-state index in [1.54, 1.807) is 13.3 Å². The normalized spacial score (nSPS) is 11.1. The van der Waals surface area contributed by atoms with Gasteiger partial charge in [0, 0.05) is 16.8 Å². The highest BCUT2D eigenvalue weighted by Gasteiger charge is 2.05. The van der Waals surface area contributed by atoms with Gasteiger partial charge in [0.2, 0.25) is 0 Å². The lowest BCUT2D eigenvalue weighted by atomic mass is 10.1. The number of rotatable bonds is 4. The van der Waals surface area contributed by atoms with Crippen LogP contribution in [-0.2, 0) is 0 Å². The summed E-state index contributed by atoms with van der Waals surface area (Å²) in [7, 11) is 1.65. The molecule has 5 heteroatoms. The lowest BCUT2D eigenvalue weighted by molar-refractivity contribution is 0.415. The number of hydrogen-bond acceptors (Lipinski definition) is 5. The van der Waals surface area contributed by atoms with Crippen molar-refractivity contribution in [3.8, 4) is 5.75 Å². The molecule has 0 unspecified atom stereocenters. The maximum absolute atomic E-state index is 5.29. The van der Waals surface area contributed by atoms with E-state index in [1.165, 1.54) is 0 Å². The summed E-state index contributed by atoms with van der Waals surface area (Å²) in [5.41, 5.74) is 7.56. The first-order valence-corrected chi connectivity index (χ1v) is 7.34. The minimum absolute atomic E-state index is 0.788. The largest absolute Gasteiger partial charge is 0.497 e. The molecule has 2 heterocycles. The van der Waals surface area contributed by atoms with E-state index < -0.39 is 0 Å². The number of benzene rings is 1. The van der Waals surface area contributed by atoms with E-state index in [0.29, 0.717) is 0 Å². The number of hydrazone groups is 1. The van der Waals surface area contributed by atoms with Gasteiger partial charge in [-0.05, 0) is 50.2 Å². The Morgan fingerprint density at radius 3 is 2.70 bits per heavy atom. The maximum atomic E-state index is 5.29. The molecule has 3 rings (SSSR count). The molecule has 0 amide bonds. The standard InChI is InChI=1S/C18H18N4O/c1-12-5-4-6-14(20-12)11-19-22-18-9-13(2)21-17-8-7-15(23-3)10-16(17)18/h4-11H,1-3H3,(H,21,22)/b19-11-. The van der Waals surface area contributed by atoms with Crippen LogP contribution in [0.15, 0.2) is 47.6 Å². The van der Waals surface area contributed by atoms with Crippen LogP contribution in [0.3, 0.4) is 0 Å². The summed E-state index contributed by atoms with van der Waals surface area (Å²) in [5.74, 6) is 0.788. The molecule has 0 aliphatic carbocycles. The molecule has 5 nitrogen and oxygen atoms in total. The van der Waals surface area contributed by atoms with E-state index in [0.717, 1.165) is 39.4 Å². The third-order valence-corrected chi connectivity index (χ3v) is 3.44. The van der Waals surface area contributed by atoms with Gasteiger partial charge in [-0.25, -0.2) is 0 Å². The fourth-order valence-corrected chi connectivity index (χ4v) is 2.36. The SMILES string of the molecule is COc1ccc2nc(C)cc(N/N=C\c3cccc(C)n3)c2c1. The number of aromatic nitrogens is 2. The summed E-state index contributed by atoms with van der Waals surface area (Å²) in [6.45, 7) is 3.91. The predicted octanol–water partition coefficient (Wildman–Crippen LogP) is 3.70. The number of nitrogens with one attached hydrogen (secondary N) is 1. The van der Waals surface area contributed by atoms with E-state index in [-0.39, 0.29) is 0 Å². The smallest absolute Gasteiger partial charge is 0.119 e. The number of nitrogens with zero attached hydrogens (tertiary/aromatic N) is 3. The quantitative estimate of drug-likeness (QED) is 0.590. The first-order valence-electron chi connectivity index (χ1n) is 7.34. The fraction of sp³-hybridized carbons (Fsp3) is 0.167. The zero-order valence-electron chi connectivity index (χ0n) is 13.4. The molecule has 0 spiro atoms. The number of hydrogen-bond donors (Lipinski definition) is 1. The Morgan fingerprint density at radius 2 is 1.91 bits per heavy atom. The Hall–Kier alpha value is -2.95. The number of methoxy groups -OCH3 is 1. The highest BCUT2D eigenvalue weighted by Crippen LogP contribution is 2.27. The molecule has 2 aromatic heterocycles. The van der Waals surface area contributed by atoms with Crippen LogP contribution < -0.4 is 10.2 Å². The van der Waals surface area contributed by atoms with Gasteiger partial charge in [-0.2, -0.15) is 5.10 Å². The van der Waals surface area contributed by atoms with Crippen LogP contribution in [-0.4, -0.2) is 23.3 Å². The van der Waals surface area contributed by atoms with Crippen LogP contribution in [0.2, 0.25) is 0 Å². The minimum Gasteiger partial charge on any atom is -0.497 e. The van der Waals surface area contributed by atoms with Crippen molar-refractivity contribution in [2.75, 3.05) is 12.5 Å². The molecule has 1 N–H and O–H groups in total. The minimum atomic E-state index is 0.788. The summed E-state index contributed by atoms with van der Waals surface area (Å²) in [6.07, 6.45) is 1.70. The highest BCUT2D eigenvalue weighted by molar-refractivity contribution is 5.93. The Kier molecular flexibility index (Phi) is 4.19. The summed E-state index contributed by atoms with van der Waals surface area (Å²) >= 11 is 0. The van der Waals surface area contributed by atoms with Crippen molar-refractivity contribution in [3.63, 3.8) is 0 Å². The number of fused-ring (bicyclic) bond motifs is 1. The number of ether oxygens (including phenoxy) is 1. The Bertz CT molecular complexity index is 874. The summed E-state index contributed by atoms with van der Waals surface area (Å²) < 4.78 is 5.29. The zero-order chi connectivity index (χ0) is 16.2. The van der Waals surface area contributed by atoms with Crippen molar-refractivity contribution < 1.29 is 4.74 Å². The highest BCUT2D eigenvalue weighted by atomic mass is 16.5. The second-order valence-electron chi connectivity index (χ2n) is 5.27. The fourth-order valence-electron chi connectivity index (χ4n) is 2.36. The van der Waals surface area contributed by atoms with E-state index in [9.17, 15) is 0 Å². The van der Waals surface area contributed by atoms with Gasteiger partial charge in [0.15, 0.2) is 0 Å². The molecule has 0 fully saturated rings. The van der Waals surface area contributed by atoms with E-state index in [2.05, 4.69) is 20.5 Å². The molecule has 0 atom stereocenters. The monoisotopic (exact) mass is 306 g/mol. The van der Waals surface area contributed by atoms with Crippen molar-refractivity contribution in [2.45, 2.75) is 13.8 Å². The van der Waals surface area contributed by atoms with Gasteiger partial charge < -0.3 is 4.74 Å². The van der Waals surface area contributed by atoms with Crippen LogP contribution >= 0.6 is 0 Å². The molecule has 1 aromatic carbocycles. The molecule has 23 heavy (non-hydrogen) atoms. The summed E-state index contributed by atoms with van der Waals surface area (Å²) in [4.78, 5) is 8.92. The molecule has 0 aliphatic heterocycles. The molecule has 0 saturated heterocycles. The average Bonchev–Trinajstić information content (AvgIpc) is 2.54. The Labute approximate surface area is 135 Å². The molecule has 0 radical (unpaired) electrons. The van der Waals surface area contributed by atoms with Crippen LogP contribution in [0.1, 0.15) is 17.1 Å². The third-order valence-electron chi connectivity index (χ3n) is 3.44. The van der Waals surface area contributed by atoms with Gasteiger partial charge in [-0.15, -0.1) is 0 Å². The van der Waals surface area contributed by atoms with Crippen molar-refractivity contribution in [1.29, 1.82) is 0 Å². The molecule has 0 aliphatic rings. The molecular weight excluding hydrogens is 288 g/mol. The van der Waals surface area contributed by atoms with Crippen LogP contribution in [0.5, 0.6) is 5.75 Å². The van der Waals surface area contributed by atoms with Gasteiger partial charge in [0.05, 0.1) is 30.2 Å². The lowest BCUT2D eigenvalue weighted by Gasteiger charge is -2.08. The summed E-state index contributed by atoms with van der Waals surface area (Å²) in [6, 6.07) is 13.6. The Balaban J connectivity index is 1.92. The number of pyridine rings is 2. The van der Waals surface area contributed by atoms with Crippen LogP contribution in [0, 0.1) is 13.8 Å². The molecule has 3 aromatic rings. The second-order valence-corrected chi connectivity index (χ2v) is 5.27. The zero-order valence-corrected chi connectivity index (χ0v) is 13.4. The molecular formula is C18H18N4O. The van der Waals surface area contributed by atoms with E-state index >= 15 is 0 Å². The average molecular weight is 306 g/mol. The van der Waals surface area contributed by atoms with Crippen molar-refractivity contribution >= 4 is 22.8 Å². The molecule has 116 valence electrons. The van der Waals surface area contributed by atoms with Crippen molar-refractivity contribution in [1.82, 2.24) is 9.97 Å². The second kappa shape index (κ2) is 6.44. The van der Waals surface area contributed by atoms with Gasteiger partial charge in [0.1, 0.15) is 5.75 Å².